The first-order chi connectivity index (χ1) is 13.3. The lowest BCUT2D eigenvalue weighted by Crippen LogP contribution is -2.36. The van der Waals surface area contributed by atoms with Gasteiger partial charge in [0.15, 0.2) is 11.5 Å². The zero-order valence-corrected chi connectivity index (χ0v) is 15.8. The van der Waals surface area contributed by atoms with Crippen LogP contribution in [0.1, 0.15) is 21.5 Å². The van der Waals surface area contributed by atoms with Gasteiger partial charge in [-0.3, -0.25) is 9.59 Å². The van der Waals surface area contributed by atoms with Crippen LogP contribution in [-0.4, -0.2) is 44.2 Å². The lowest BCUT2D eigenvalue weighted by atomic mass is 10.1. The van der Waals surface area contributed by atoms with E-state index in [4.69, 9.17) is 4.74 Å². The van der Waals surface area contributed by atoms with Crippen molar-refractivity contribution in [2.24, 2.45) is 0 Å². The number of hydrogen-bond donors (Lipinski definition) is 0. The molecule has 1 amide bonds. The molecule has 0 aliphatic rings. The first kappa shape index (κ1) is 21.1. The zero-order chi connectivity index (χ0) is 20.7. The van der Waals surface area contributed by atoms with Crippen molar-refractivity contribution in [3.8, 4) is 11.5 Å². The molecule has 0 radical (unpaired) electrons. The topological polar surface area (TPSA) is 65.1 Å². The summed E-state index contributed by atoms with van der Waals surface area (Å²) in [5.41, 5.74) is 1.87. The van der Waals surface area contributed by atoms with Crippen LogP contribution in [0.3, 0.4) is 0 Å². The molecule has 0 N–H and O–H groups in total. The van der Waals surface area contributed by atoms with Crippen LogP contribution >= 0.6 is 0 Å². The van der Waals surface area contributed by atoms with Crippen molar-refractivity contribution < 1.29 is 32.6 Å². The molecule has 0 aromatic heterocycles. The first-order valence-corrected chi connectivity index (χ1v) is 8.39. The summed E-state index contributed by atoms with van der Waals surface area (Å²) in [5, 5.41) is 0. The van der Waals surface area contributed by atoms with Gasteiger partial charge in [-0.2, -0.15) is 8.78 Å². The van der Waals surface area contributed by atoms with E-state index < -0.39 is 18.5 Å². The molecule has 0 spiro atoms. The van der Waals surface area contributed by atoms with Crippen LogP contribution in [0.5, 0.6) is 11.5 Å². The number of aryl methyl sites for hydroxylation is 1. The molecule has 2 rings (SSSR count). The molecule has 0 heterocycles. The smallest absolute Gasteiger partial charge is 0.387 e. The molecule has 150 valence electrons. The van der Waals surface area contributed by atoms with E-state index in [1.165, 1.54) is 31.3 Å². The van der Waals surface area contributed by atoms with Gasteiger partial charge < -0.3 is 19.1 Å². The Kier molecular flexibility index (Phi) is 7.31. The molecule has 0 unspecified atom stereocenters. The van der Waals surface area contributed by atoms with Gasteiger partial charge in [0, 0.05) is 12.1 Å². The number of hydrogen-bond acceptors (Lipinski definition) is 5. The fraction of sp³-hybridized carbons (Fsp3) is 0.300. The summed E-state index contributed by atoms with van der Waals surface area (Å²) in [6.45, 7) is -1.33. The van der Waals surface area contributed by atoms with Gasteiger partial charge in [-0.25, -0.2) is 0 Å². The molecule has 0 bridgehead atoms. The standard InChI is InChI=1S/C20H21F2NO5/c1-13-6-4-5-7-15(13)11-23(12-18(24)27-3)19(25)14-8-9-16(26-2)17(10-14)28-20(21)22/h4-10,20H,11-12H2,1-3H3. The number of esters is 1. The monoisotopic (exact) mass is 393 g/mol. The second-order valence-corrected chi connectivity index (χ2v) is 5.91. The third-order valence-electron chi connectivity index (χ3n) is 4.08. The SMILES string of the molecule is COC(=O)CN(Cc1ccccc1C)C(=O)c1ccc(OC)c(OC(F)F)c1. The highest BCUT2D eigenvalue weighted by atomic mass is 19.3. The van der Waals surface area contributed by atoms with E-state index in [-0.39, 0.29) is 30.2 Å². The van der Waals surface area contributed by atoms with Gasteiger partial charge in [-0.15, -0.1) is 0 Å². The van der Waals surface area contributed by atoms with Crippen LogP contribution in [0.2, 0.25) is 0 Å². The van der Waals surface area contributed by atoms with Crippen molar-refractivity contribution in [2.75, 3.05) is 20.8 Å². The fourth-order valence-electron chi connectivity index (χ4n) is 2.59. The molecule has 0 fully saturated rings. The minimum atomic E-state index is -3.07. The van der Waals surface area contributed by atoms with Crippen molar-refractivity contribution in [3.05, 3.63) is 59.2 Å². The average molecular weight is 393 g/mol. The summed E-state index contributed by atoms with van der Waals surface area (Å²) in [5.74, 6) is -1.33. The molecule has 0 aliphatic carbocycles. The van der Waals surface area contributed by atoms with Crippen LogP contribution < -0.4 is 9.47 Å². The van der Waals surface area contributed by atoms with E-state index >= 15 is 0 Å². The van der Waals surface area contributed by atoms with Crippen LogP contribution in [0.4, 0.5) is 8.78 Å². The summed E-state index contributed by atoms with van der Waals surface area (Å²) in [6.07, 6.45) is 0. The zero-order valence-electron chi connectivity index (χ0n) is 15.8. The number of nitrogens with zero attached hydrogens (tertiary/aromatic N) is 1. The summed E-state index contributed by atoms with van der Waals surface area (Å²) >= 11 is 0. The normalized spacial score (nSPS) is 10.5. The van der Waals surface area contributed by atoms with E-state index in [1.54, 1.807) is 0 Å². The number of alkyl halides is 2. The van der Waals surface area contributed by atoms with Crippen molar-refractivity contribution >= 4 is 11.9 Å². The number of ether oxygens (including phenoxy) is 3. The Morgan fingerprint density at radius 1 is 1.07 bits per heavy atom. The van der Waals surface area contributed by atoms with E-state index in [2.05, 4.69) is 9.47 Å². The molecule has 0 saturated carbocycles. The summed E-state index contributed by atoms with van der Waals surface area (Å²) in [7, 11) is 2.53. The Balaban J connectivity index is 2.35. The van der Waals surface area contributed by atoms with Crippen LogP contribution in [-0.2, 0) is 16.1 Å². The van der Waals surface area contributed by atoms with E-state index in [1.807, 2.05) is 31.2 Å². The highest BCUT2D eigenvalue weighted by Gasteiger charge is 2.22. The molecule has 6 nitrogen and oxygen atoms in total. The minimum absolute atomic E-state index is 0.0651. The summed E-state index contributed by atoms with van der Waals surface area (Å²) < 4.78 is 39.4. The van der Waals surface area contributed by atoms with Crippen molar-refractivity contribution in [1.29, 1.82) is 0 Å². The van der Waals surface area contributed by atoms with E-state index in [9.17, 15) is 18.4 Å². The Labute approximate surface area is 161 Å². The Hall–Kier alpha value is -3.16. The maximum absolute atomic E-state index is 13.0. The van der Waals surface area contributed by atoms with Gasteiger partial charge in [-0.1, -0.05) is 24.3 Å². The fourth-order valence-corrected chi connectivity index (χ4v) is 2.59. The lowest BCUT2D eigenvalue weighted by Gasteiger charge is -2.23. The third kappa shape index (κ3) is 5.42. The summed E-state index contributed by atoms with van der Waals surface area (Å²) in [4.78, 5) is 26.0. The average Bonchev–Trinajstić information content (AvgIpc) is 2.67. The van der Waals surface area contributed by atoms with Gasteiger partial charge in [0.05, 0.1) is 14.2 Å². The number of carbonyl (C=O) groups excluding carboxylic acids is 2. The molecule has 0 atom stereocenters. The highest BCUT2D eigenvalue weighted by Crippen LogP contribution is 2.30. The van der Waals surface area contributed by atoms with Gasteiger partial charge in [0.2, 0.25) is 0 Å². The molecule has 8 heteroatoms. The number of methoxy groups -OCH3 is 2. The maximum Gasteiger partial charge on any atom is 0.387 e. The van der Waals surface area contributed by atoms with Gasteiger partial charge in [0.1, 0.15) is 6.54 Å². The lowest BCUT2D eigenvalue weighted by molar-refractivity contribution is -0.141. The van der Waals surface area contributed by atoms with Crippen LogP contribution in [0, 0.1) is 6.92 Å². The Morgan fingerprint density at radius 2 is 1.79 bits per heavy atom. The van der Waals surface area contributed by atoms with Crippen molar-refractivity contribution in [3.63, 3.8) is 0 Å². The second kappa shape index (κ2) is 9.68. The van der Waals surface area contributed by atoms with Gasteiger partial charge in [-0.05, 0) is 36.2 Å². The molecule has 2 aromatic rings. The predicted molar refractivity (Wildman–Crippen MR) is 97.6 cm³/mol. The third-order valence-corrected chi connectivity index (χ3v) is 4.08. The Morgan fingerprint density at radius 3 is 2.39 bits per heavy atom. The number of carbonyl (C=O) groups is 2. The predicted octanol–water partition coefficient (Wildman–Crippen LogP) is 3.42. The van der Waals surface area contributed by atoms with Crippen LogP contribution in [0.25, 0.3) is 0 Å². The molecular formula is C20H21F2NO5. The molecule has 28 heavy (non-hydrogen) atoms. The molecule has 0 saturated heterocycles. The van der Waals surface area contributed by atoms with E-state index in [0.29, 0.717) is 0 Å². The van der Waals surface area contributed by atoms with Crippen molar-refractivity contribution in [1.82, 2.24) is 4.90 Å². The number of halogens is 2. The number of benzene rings is 2. The van der Waals surface area contributed by atoms with Gasteiger partial charge >= 0.3 is 12.6 Å². The second-order valence-electron chi connectivity index (χ2n) is 5.91. The number of rotatable bonds is 8. The number of amides is 1. The minimum Gasteiger partial charge on any atom is -0.493 e. The Bertz CT molecular complexity index is 841. The van der Waals surface area contributed by atoms with Gasteiger partial charge in [0.25, 0.3) is 5.91 Å². The summed E-state index contributed by atoms with van der Waals surface area (Å²) in [6, 6.07) is 11.4. The quantitative estimate of drug-likeness (QED) is 0.643. The van der Waals surface area contributed by atoms with Crippen LogP contribution in [0.15, 0.2) is 42.5 Å². The first-order valence-electron chi connectivity index (χ1n) is 8.39. The van der Waals surface area contributed by atoms with Crippen molar-refractivity contribution in [2.45, 2.75) is 20.1 Å². The molecular weight excluding hydrogens is 372 g/mol. The highest BCUT2D eigenvalue weighted by molar-refractivity contribution is 5.96. The largest absolute Gasteiger partial charge is 0.493 e. The maximum atomic E-state index is 13.0. The molecule has 0 aliphatic heterocycles. The molecule has 2 aromatic carbocycles. The van der Waals surface area contributed by atoms with E-state index in [0.717, 1.165) is 17.2 Å².